The van der Waals surface area contributed by atoms with Gasteiger partial charge in [-0.05, 0) is 61.6 Å². The molecule has 7 rings (SSSR count). The molecule has 3 aliphatic rings. The van der Waals surface area contributed by atoms with E-state index in [-0.39, 0.29) is 17.5 Å². The highest BCUT2D eigenvalue weighted by Gasteiger charge is 2.70. The highest BCUT2D eigenvalue weighted by Crippen LogP contribution is 2.59. The second-order valence-electron chi connectivity index (χ2n) is 12.8. The fourth-order valence-electron chi connectivity index (χ4n) is 7.91. The maximum absolute atomic E-state index is 15.1. The Hall–Kier alpha value is -4.77. The number of aryl methyl sites for hydroxylation is 2. The molecular formula is C40H38N2O3. The minimum Gasteiger partial charge on any atom is -0.352 e. The third-order valence-electron chi connectivity index (χ3n) is 10.0. The van der Waals surface area contributed by atoms with Crippen molar-refractivity contribution in [1.82, 2.24) is 0 Å². The number of Topliss-reactive ketones (excluding diaryl/α,β-unsaturated/α-hetero) is 2. The predicted molar refractivity (Wildman–Crippen MR) is 180 cm³/mol. The molecule has 5 nitrogen and oxygen atoms in total. The average Bonchev–Trinajstić information content (AvgIpc) is 3.53. The van der Waals surface area contributed by atoms with E-state index < -0.39 is 23.4 Å². The molecule has 4 aromatic carbocycles. The average molecular weight is 595 g/mol. The Morgan fingerprint density at radius 2 is 1.53 bits per heavy atom. The van der Waals surface area contributed by atoms with Crippen LogP contribution in [0.25, 0.3) is 5.57 Å². The third kappa shape index (κ3) is 4.48. The monoisotopic (exact) mass is 594 g/mol. The second kappa shape index (κ2) is 11.3. The number of hydrogen-bond acceptors (Lipinski definition) is 4. The van der Waals surface area contributed by atoms with Crippen LogP contribution < -0.4 is 10.2 Å². The minimum atomic E-state index is -1.31. The van der Waals surface area contributed by atoms with E-state index >= 15 is 4.79 Å². The van der Waals surface area contributed by atoms with Gasteiger partial charge < -0.3 is 10.2 Å². The fraction of sp³-hybridized carbons (Fsp3) is 0.275. The number of hydrogen-bond donors (Lipinski definition) is 1. The van der Waals surface area contributed by atoms with Gasteiger partial charge in [-0.1, -0.05) is 110 Å². The third-order valence-corrected chi connectivity index (χ3v) is 10.0. The number of amides is 1. The largest absolute Gasteiger partial charge is 0.352 e. The summed E-state index contributed by atoms with van der Waals surface area (Å²) >= 11 is 0. The molecule has 45 heavy (non-hydrogen) atoms. The molecule has 1 amide bonds. The number of carbonyl (C=O) groups excluding carboxylic acids is 3. The summed E-state index contributed by atoms with van der Waals surface area (Å²) in [5, 5.41) is 3.13. The summed E-state index contributed by atoms with van der Waals surface area (Å²) in [4.78, 5) is 46.6. The van der Waals surface area contributed by atoms with E-state index in [9.17, 15) is 9.59 Å². The zero-order valence-corrected chi connectivity index (χ0v) is 26.0. The number of nitrogens with one attached hydrogen (secondary N) is 1. The van der Waals surface area contributed by atoms with Gasteiger partial charge in [-0.25, -0.2) is 0 Å². The van der Waals surface area contributed by atoms with Crippen LogP contribution >= 0.6 is 0 Å². The van der Waals surface area contributed by atoms with Crippen molar-refractivity contribution < 1.29 is 14.4 Å². The van der Waals surface area contributed by atoms with Gasteiger partial charge in [-0.3, -0.25) is 14.4 Å². The number of nitrogens with zero attached hydrogens (tertiary/aromatic N) is 1. The Labute approximate surface area is 265 Å². The Balaban J connectivity index is 1.47. The van der Waals surface area contributed by atoms with Crippen LogP contribution in [0.15, 0.2) is 103 Å². The van der Waals surface area contributed by atoms with Crippen molar-refractivity contribution in [3.8, 4) is 0 Å². The fourth-order valence-corrected chi connectivity index (χ4v) is 7.91. The molecule has 226 valence electrons. The molecule has 4 aromatic rings. The molecule has 4 unspecified atom stereocenters. The highest BCUT2D eigenvalue weighted by molar-refractivity contribution is 6.18. The molecule has 0 bridgehead atoms. The Morgan fingerprint density at radius 1 is 0.822 bits per heavy atom. The Bertz CT molecular complexity index is 1840. The zero-order chi connectivity index (χ0) is 31.3. The Morgan fingerprint density at radius 3 is 2.29 bits per heavy atom. The van der Waals surface area contributed by atoms with Crippen molar-refractivity contribution in [2.75, 3.05) is 10.2 Å². The van der Waals surface area contributed by atoms with Gasteiger partial charge in [-0.15, -0.1) is 0 Å². The van der Waals surface area contributed by atoms with Gasteiger partial charge >= 0.3 is 0 Å². The van der Waals surface area contributed by atoms with E-state index in [0.29, 0.717) is 16.8 Å². The number of ketones is 2. The number of benzene rings is 4. The van der Waals surface area contributed by atoms with Crippen LogP contribution in [0.2, 0.25) is 0 Å². The number of anilines is 2. The van der Waals surface area contributed by atoms with Crippen molar-refractivity contribution in [3.63, 3.8) is 0 Å². The van der Waals surface area contributed by atoms with E-state index in [1.54, 1.807) is 12.1 Å². The maximum atomic E-state index is 15.1. The molecule has 1 N–H and O–H groups in total. The van der Waals surface area contributed by atoms with Crippen LogP contribution in [0.3, 0.4) is 0 Å². The van der Waals surface area contributed by atoms with E-state index in [1.165, 1.54) is 5.56 Å². The van der Waals surface area contributed by atoms with Crippen molar-refractivity contribution >= 4 is 34.4 Å². The molecule has 0 aliphatic carbocycles. The van der Waals surface area contributed by atoms with Crippen molar-refractivity contribution in [2.24, 2.45) is 5.92 Å². The van der Waals surface area contributed by atoms with Gasteiger partial charge in [0.25, 0.3) is 0 Å². The van der Waals surface area contributed by atoms with Crippen LogP contribution in [-0.2, 0) is 16.6 Å². The first-order valence-electron chi connectivity index (χ1n) is 16.1. The first-order chi connectivity index (χ1) is 21.9. The molecule has 4 atom stereocenters. The number of fused-ring (bicyclic) bond motifs is 6. The molecular weight excluding hydrogens is 556 g/mol. The first-order valence-corrected chi connectivity index (χ1v) is 16.1. The SMILES string of the molecule is CCCCCc1ccc(C(=O)C2C(C(=O)c3ccccc3)N3c4ccc(C)cc4C(C)=CC3C23C(=O)Nc2ccccc23)cc1. The van der Waals surface area contributed by atoms with Crippen molar-refractivity contribution in [1.29, 1.82) is 0 Å². The van der Waals surface area contributed by atoms with E-state index in [1.807, 2.05) is 78.9 Å². The molecule has 0 aromatic heterocycles. The zero-order valence-electron chi connectivity index (χ0n) is 26.0. The smallest absolute Gasteiger partial charge is 0.238 e. The lowest BCUT2D eigenvalue weighted by Gasteiger charge is -2.39. The van der Waals surface area contributed by atoms with Gasteiger partial charge in [0.15, 0.2) is 11.6 Å². The van der Waals surface area contributed by atoms with Crippen molar-refractivity contribution in [2.45, 2.75) is 64.0 Å². The van der Waals surface area contributed by atoms with E-state index in [0.717, 1.165) is 53.6 Å². The summed E-state index contributed by atoms with van der Waals surface area (Å²) in [6, 6.07) is 29.4. The topological polar surface area (TPSA) is 66.5 Å². The molecule has 3 aliphatic heterocycles. The first kappa shape index (κ1) is 29.0. The molecule has 0 saturated carbocycles. The van der Waals surface area contributed by atoms with Crippen LogP contribution in [0.1, 0.15) is 76.1 Å². The number of allylic oxidation sites excluding steroid dienone is 1. The number of unbranched alkanes of at least 4 members (excludes halogenated alkanes) is 2. The lowest BCUT2D eigenvalue weighted by molar-refractivity contribution is -0.121. The summed E-state index contributed by atoms with van der Waals surface area (Å²) in [5.41, 5.74) is 6.40. The van der Waals surface area contributed by atoms with Gasteiger partial charge in [0.2, 0.25) is 5.91 Å². The number of para-hydroxylation sites is 1. The summed E-state index contributed by atoms with van der Waals surface area (Å²) in [6.45, 7) is 6.30. The molecule has 0 radical (unpaired) electrons. The lowest BCUT2D eigenvalue weighted by Crippen LogP contribution is -2.51. The molecule has 1 spiro atoms. The van der Waals surface area contributed by atoms with Crippen LogP contribution in [0.4, 0.5) is 11.4 Å². The standard InChI is InChI=1S/C40H38N2O3/c1-4-5-7-12-27-18-20-29(21-19-27)37(43)35-36(38(44)28-13-8-6-9-14-28)42-33-22-17-25(2)23-30(33)26(3)24-34(42)40(35)31-15-10-11-16-32(31)41-39(40)45/h6,8-11,13-24,34-36H,4-5,7,12H2,1-3H3,(H,41,45). The summed E-state index contributed by atoms with van der Waals surface area (Å²) in [7, 11) is 0. The van der Waals surface area contributed by atoms with Crippen LogP contribution in [0, 0.1) is 12.8 Å². The van der Waals surface area contributed by atoms with Gasteiger partial charge in [0, 0.05) is 28.1 Å². The van der Waals surface area contributed by atoms with Gasteiger partial charge in [0.05, 0.1) is 12.0 Å². The van der Waals surface area contributed by atoms with E-state index in [2.05, 4.69) is 43.1 Å². The quantitative estimate of drug-likeness (QED) is 0.166. The lowest BCUT2D eigenvalue weighted by atomic mass is 9.64. The summed E-state index contributed by atoms with van der Waals surface area (Å²) < 4.78 is 0. The normalized spacial score (nSPS) is 22.8. The minimum absolute atomic E-state index is 0.163. The van der Waals surface area contributed by atoms with Gasteiger partial charge in [0.1, 0.15) is 11.5 Å². The number of carbonyl (C=O) groups is 3. The van der Waals surface area contributed by atoms with Crippen molar-refractivity contribution in [3.05, 3.63) is 137 Å². The maximum Gasteiger partial charge on any atom is 0.238 e. The summed E-state index contributed by atoms with van der Waals surface area (Å²) in [6.07, 6.45) is 6.47. The van der Waals surface area contributed by atoms with Crippen LogP contribution in [-0.4, -0.2) is 29.6 Å². The second-order valence-corrected chi connectivity index (χ2v) is 12.8. The highest BCUT2D eigenvalue weighted by atomic mass is 16.2. The Kier molecular flexibility index (Phi) is 7.27. The van der Waals surface area contributed by atoms with E-state index in [4.69, 9.17) is 0 Å². The molecule has 5 heteroatoms. The van der Waals surface area contributed by atoms with Crippen LogP contribution in [0.5, 0.6) is 0 Å². The predicted octanol–water partition coefficient (Wildman–Crippen LogP) is 7.97. The number of rotatable bonds is 8. The molecule has 1 fully saturated rings. The molecule has 3 heterocycles. The van der Waals surface area contributed by atoms with Gasteiger partial charge in [-0.2, -0.15) is 0 Å². The summed E-state index contributed by atoms with van der Waals surface area (Å²) in [5.74, 6) is -1.56. The molecule has 1 saturated heterocycles.